The van der Waals surface area contributed by atoms with E-state index >= 15 is 0 Å². The van der Waals surface area contributed by atoms with Crippen molar-refractivity contribution in [2.45, 2.75) is 52.0 Å². The van der Waals surface area contributed by atoms with Crippen LogP contribution < -0.4 is 10.0 Å². The first-order valence-corrected chi connectivity index (χ1v) is 12.7. The van der Waals surface area contributed by atoms with E-state index in [-0.39, 0.29) is 5.75 Å². The fraction of sp³-hybridized carbons (Fsp3) is 0.500. The summed E-state index contributed by atoms with van der Waals surface area (Å²) in [6.07, 6.45) is 6.15. The molecule has 0 unspecified atom stereocenters. The molecule has 2 rings (SSSR count). The molecule has 0 atom stereocenters. The van der Waals surface area contributed by atoms with Crippen molar-refractivity contribution >= 4 is 15.7 Å². The first-order valence-electron chi connectivity index (χ1n) is 11.0. The maximum atomic E-state index is 11.8. The van der Waals surface area contributed by atoms with Crippen molar-refractivity contribution in [3.8, 4) is 0 Å². The zero-order valence-corrected chi connectivity index (χ0v) is 18.9. The number of nitrogens with one attached hydrogen (secondary N) is 2. The summed E-state index contributed by atoms with van der Waals surface area (Å²) < 4.78 is 31.9. The van der Waals surface area contributed by atoms with E-state index in [1.54, 1.807) is 0 Å². The molecule has 2 aromatic carbocycles. The van der Waals surface area contributed by atoms with Crippen LogP contribution in [0.5, 0.6) is 0 Å². The number of unbranched alkanes of at least 4 members (excludes halogenated alkanes) is 3. The Morgan fingerprint density at radius 3 is 2.30 bits per heavy atom. The van der Waals surface area contributed by atoms with Crippen LogP contribution >= 0.6 is 0 Å². The summed E-state index contributed by atoms with van der Waals surface area (Å²) in [5.41, 5.74) is 3.10. The van der Waals surface area contributed by atoms with E-state index in [2.05, 4.69) is 34.3 Å². The van der Waals surface area contributed by atoms with Gasteiger partial charge in [-0.1, -0.05) is 62.2 Å². The van der Waals surface area contributed by atoms with E-state index in [0.717, 1.165) is 38.1 Å². The average molecular weight is 433 g/mol. The minimum Gasteiger partial charge on any atom is -0.381 e. The fourth-order valence-electron chi connectivity index (χ4n) is 3.17. The van der Waals surface area contributed by atoms with Gasteiger partial charge >= 0.3 is 0 Å². The predicted octanol–water partition coefficient (Wildman–Crippen LogP) is 4.75. The summed E-state index contributed by atoms with van der Waals surface area (Å²) >= 11 is 0. The van der Waals surface area contributed by atoms with Gasteiger partial charge in [0.25, 0.3) is 0 Å². The van der Waals surface area contributed by atoms with Crippen LogP contribution in [0.15, 0.2) is 54.6 Å². The van der Waals surface area contributed by atoms with E-state index in [1.165, 1.54) is 24.8 Å². The second kappa shape index (κ2) is 14.2. The molecular formula is C24H36N2O3S. The molecule has 0 aliphatic carbocycles. The van der Waals surface area contributed by atoms with Gasteiger partial charge in [-0.15, -0.1) is 0 Å². The minimum absolute atomic E-state index is 0.146. The monoisotopic (exact) mass is 432 g/mol. The Bertz CT molecular complexity index is 793. The highest BCUT2D eigenvalue weighted by atomic mass is 32.2. The van der Waals surface area contributed by atoms with Crippen LogP contribution in [0.25, 0.3) is 0 Å². The molecule has 0 saturated heterocycles. The fourth-order valence-corrected chi connectivity index (χ4v) is 4.30. The molecule has 0 saturated carbocycles. The summed E-state index contributed by atoms with van der Waals surface area (Å²) in [7, 11) is -3.23. The maximum Gasteiger partial charge on any atom is 0.232 e. The molecule has 2 N–H and O–H groups in total. The Morgan fingerprint density at radius 2 is 1.57 bits per heavy atom. The van der Waals surface area contributed by atoms with E-state index in [9.17, 15) is 8.42 Å². The highest BCUT2D eigenvalue weighted by Crippen LogP contribution is 2.12. The number of hydrogen-bond acceptors (Lipinski definition) is 4. The predicted molar refractivity (Wildman–Crippen MR) is 125 cm³/mol. The van der Waals surface area contributed by atoms with Gasteiger partial charge < -0.3 is 10.1 Å². The molecule has 5 nitrogen and oxygen atoms in total. The second-order valence-electron chi connectivity index (χ2n) is 7.56. The zero-order valence-electron chi connectivity index (χ0n) is 18.1. The third-order valence-corrected chi connectivity index (χ3v) is 6.29. The Kier molecular flexibility index (Phi) is 11.5. The van der Waals surface area contributed by atoms with Crippen molar-refractivity contribution in [2.24, 2.45) is 0 Å². The van der Waals surface area contributed by atoms with Gasteiger partial charge in [0.05, 0.1) is 12.4 Å². The van der Waals surface area contributed by atoms with Crippen molar-refractivity contribution in [3.05, 3.63) is 65.7 Å². The van der Waals surface area contributed by atoms with Crippen molar-refractivity contribution in [2.75, 3.05) is 30.2 Å². The van der Waals surface area contributed by atoms with Crippen LogP contribution in [0.3, 0.4) is 0 Å². The Morgan fingerprint density at radius 1 is 0.833 bits per heavy atom. The molecule has 0 fully saturated rings. The third kappa shape index (κ3) is 10.8. The normalized spacial score (nSPS) is 11.5. The first-order chi connectivity index (χ1) is 14.6. The van der Waals surface area contributed by atoms with Gasteiger partial charge in [0.15, 0.2) is 0 Å². The van der Waals surface area contributed by atoms with Crippen LogP contribution in [0, 0.1) is 0 Å². The standard InChI is InChI=1S/C24H36N2O3S/c1-2-20-30(27,28)26-24-14-12-22(13-15-24)16-19-29-18-9-4-3-8-17-25-21-23-10-6-5-7-11-23/h5-7,10-15,25-26H,2-4,8-9,16-21H2,1H3. The Balaban J connectivity index is 1.45. The third-order valence-electron chi connectivity index (χ3n) is 4.80. The van der Waals surface area contributed by atoms with Crippen LogP contribution in [0.2, 0.25) is 0 Å². The highest BCUT2D eigenvalue weighted by molar-refractivity contribution is 7.92. The largest absolute Gasteiger partial charge is 0.381 e. The topological polar surface area (TPSA) is 67.4 Å². The molecule has 6 heteroatoms. The summed E-state index contributed by atoms with van der Waals surface area (Å²) in [6, 6.07) is 18.0. The summed E-state index contributed by atoms with van der Waals surface area (Å²) in [4.78, 5) is 0. The van der Waals surface area contributed by atoms with Gasteiger partial charge in [-0.3, -0.25) is 4.72 Å². The van der Waals surface area contributed by atoms with Gasteiger partial charge in [-0.05, 0) is 55.5 Å². The lowest BCUT2D eigenvalue weighted by molar-refractivity contribution is 0.133. The first kappa shape index (κ1) is 24.4. The summed E-state index contributed by atoms with van der Waals surface area (Å²) in [6.45, 7) is 5.34. The van der Waals surface area contributed by atoms with E-state index in [0.29, 0.717) is 18.7 Å². The van der Waals surface area contributed by atoms with E-state index in [4.69, 9.17) is 4.74 Å². The SMILES string of the molecule is CCCS(=O)(=O)Nc1ccc(CCOCCCCCCNCc2ccccc2)cc1. The number of sulfonamides is 1. The number of anilines is 1. The van der Waals surface area contributed by atoms with E-state index < -0.39 is 10.0 Å². The molecule has 0 radical (unpaired) electrons. The molecule has 2 aromatic rings. The second-order valence-corrected chi connectivity index (χ2v) is 9.40. The molecule has 0 bridgehead atoms. The molecule has 166 valence electrons. The lowest BCUT2D eigenvalue weighted by atomic mass is 10.1. The molecule has 0 aliphatic heterocycles. The van der Waals surface area contributed by atoms with Gasteiger partial charge in [0, 0.05) is 18.8 Å². The average Bonchev–Trinajstić information content (AvgIpc) is 2.73. The molecular weight excluding hydrogens is 396 g/mol. The molecule has 0 aliphatic rings. The van der Waals surface area contributed by atoms with Crippen molar-refractivity contribution < 1.29 is 13.2 Å². The van der Waals surface area contributed by atoms with Gasteiger partial charge in [0.1, 0.15) is 0 Å². The molecule has 0 amide bonds. The van der Waals surface area contributed by atoms with Gasteiger partial charge in [-0.25, -0.2) is 8.42 Å². The molecule has 0 spiro atoms. The Labute approximate surface area is 182 Å². The van der Waals surface area contributed by atoms with Crippen molar-refractivity contribution in [1.82, 2.24) is 5.32 Å². The van der Waals surface area contributed by atoms with Crippen LogP contribution in [0.1, 0.15) is 50.2 Å². The highest BCUT2D eigenvalue weighted by Gasteiger charge is 2.08. The number of rotatable bonds is 16. The minimum atomic E-state index is -3.23. The molecule has 0 aromatic heterocycles. The van der Waals surface area contributed by atoms with Crippen molar-refractivity contribution in [3.63, 3.8) is 0 Å². The summed E-state index contributed by atoms with van der Waals surface area (Å²) in [5, 5.41) is 3.48. The Hall–Kier alpha value is -1.89. The number of hydrogen-bond donors (Lipinski definition) is 2. The quantitative estimate of drug-likeness (QED) is 0.376. The zero-order chi connectivity index (χ0) is 21.5. The number of ether oxygens (including phenoxy) is 1. The lowest BCUT2D eigenvalue weighted by Crippen LogP contribution is -2.16. The van der Waals surface area contributed by atoms with E-state index in [1.807, 2.05) is 37.3 Å². The van der Waals surface area contributed by atoms with Crippen molar-refractivity contribution in [1.29, 1.82) is 0 Å². The number of benzene rings is 2. The maximum absolute atomic E-state index is 11.8. The van der Waals surface area contributed by atoms with Crippen LogP contribution in [-0.4, -0.2) is 33.9 Å². The van der Waals surface area contributed by atoms with Crippen LogP contribution in [0.4, 0.5) is 5.69 Å². The van der Waals surface area contributed by atoms with Gasteiger partial charge in [0.2, 0.25) is 10.0 Å². The van der Waals surface area contributed by atoms with Gasteiger partial charge in [-0.2, -0.15) is 0 Å². The molecule has 30 heavy (non-hydrogen) atoms. The molecule has 0 heterocycles. The lowest BCUT2D eigenvalue weighted by Gasteiger charge is -2.08. The van der Waals surface area contributed by atoms with Crippen LogP contribution in [-0.2, 0) is 27.7 Å². The smallest absolute Gasteiger partial charge is 0.232 e. The summed E-state index contributed by atoms with van der Waals surface area (Å²) in [5.74, 6) is 0.146.